The maximum Gasteiger partial charge on any atom is 0.256 e. The smallest absolute Gasteiger partial charge is 0.256 e. The molecule has 20 heteroatoms. The molecular formula is C73H68N12O8. The summed E-state index contributed by atoms with van der Waals surface area (Å²) >= 11 is 0. The van der Waals surface area contributed by atoms with E-state index in [9.17, 15) is 39.1 Å². The van der Waals surface area contributed by atoms with Crippen LogP contribution in [0.2, 0.25) is 0 Å². The molecule has 0 unspecified atom stereocenters. The van der Waals surface area contributed by atoms with Crippen molar-refractivity contribution in [3.63, 3.8) is 0 Å². The number of nitrogens with zero attached hydrogens (tertiary/aromatic N) is 9. The molecule has 0 aliphatic heterocycles. The fourth-order valence-corrected chi connectivity index (χ4v) is 10.2. The summed E-state index contributed by atoms with van der Waals surface area (Å²) in [7, 11) is 0. The van der Waals surface area contributed by atoms with E-state index in [4.69, 9.17) is 0 Å². The maximum absolute atomic E-state index is 13.1. The van der Waals surface area contributed by atoms with Gasteiger partial charge in [-0.25, -0.2) is 15.0 Å². The molecule has 20 nitrogen and oxygen atoms in total. The van der Waals surface area contributed by atoms with Gasteiger partial charge in [-0.1, -0.05) is 62.4 Å². The molecule has 0 saturated heterocycles. The van der Waals surface area contributed by atoms with Crippen molar-refractivity contribution >= 4 is 50.8 Å². The van der Waals surface area contributed by atoms with E-state index in [-0.39, 0.29) is 51.0 Å². The van der Waals surface area contributed by atoms with Crippen LogP contribution in [0.3, 0.4) is 0 Å². The summed E-state index contributed by atoms with van der Waals surface area (Å²) in [5, 5.41) is 31.4. The zero-order valence-corrected chi connectivity index (χ0v) is 52.5. The fourth-order valence-electron chi connectivity index (χ4n) is 10.2. The Labute approximate surface area is 535 Å². The van der Waals surface area contributed by atoms with Crippen LogP contribution >= 0.6 is 0 Å². The molecular weight excluding hydrogens is 1170 g/mol. The summed E-state index contributed by atoms with van der Waals surface area (Å²) in [6, 6.07) is 44.1. The minimum absolute atomic E-state index is 0.0479. The first-order chi connectivity index (χ1) is 44.6. The second-order valence-corrected chi connectivity index (χ2v) is 23.5. The van der Waals surface area contributed by atoms with E-state index < -0.39 is 23.3 Å². The Morgan fingerprint density at radius 3 is 1.29 bits per heavy atom. The monoisotopic (exact) mass is 1240 g/mol. The van der Waals surface area contributed by atoms with Crippen molar-refractivity contribution in [2.24, 2.45) is 5.92 Å². The summed E-state index contributed by atoms with van der Waals surface area (Å²) < 4.78 is 6.02. The molecule has 9 aromatic heterocycles. The third-order valence-corrected chi connectivity index (χ3v) is 14.7. The lowest BCUT2D eigenvalue weighted by atomic mass is 10.0. The summed E-state index contributed by atoms with van der Waals surface area (Å²) in [5.74, 6) is -0.962. The second kappa shape index (κ2) is 28.0. The van der Waals surface area contributed by atoms with Crippen LogP contribution < -0.4 is 37.0 Å². The standard InChI is InChI=1S/C27H28N4O3.C23H20N4O3.C23H20N4O2/c1-17(2)14-30-26(33)22-16-31(25-21(24(22)32)9-6-12-28-25)20-8-5-7-18(13-20)19-10-11-23(29-15-19)27(3,4)34;1-15(2)25-23(29)20-14-27(22-19(21(20)28)9-4-10-24-22)18-8-3-6-16(12-18)17-7-5-11-26(30)13-17;1-15(2)26-23(29)20-14-27(22-19(21(20)28)9-5-11-25-22)18-8-3-6-16(12-18)17-7-4-10-24-13-17/h5-13,15-17,34H,14H2,1-4H3,(H,30,33);3-15H,1-2H3,(H,25,29);3-15H,1-2H3,(H,26,29). The number of nitrogens with one attached hydrogen (secondary N) is 3. The van der Waals surface area contributed by atoms with E-state index in [1.165, 1.54) is 18.6 Å². The molecule has 0 aliphatic carbocycles. The number of amides is 3. The molecule has 3 amide bonds. The van der Waals surface area contributed by atoms with E-state index in [0.717, 1.165) is 55.2 Å². The quantitative estimate of drug-likeness (QED) is 0.0584. The van der Waals surface area contributed by atoms with E-state index in [1.54, 1.807) is 126 Å². The van der Waals surface area contributed by atoms with Crippen molar-refractivity contribution in [2.75, 3.05) is 6.54 Å². The topological polar surface area (TPSA) is 265 Å². The highest BCUT2D eigenvalue weighted by atomic mass is 16.5. The first-order valence-electron chi connectivity index (χ1n) is 30.1. The van der Waals surface area contributed by atoms with E-state index >= 15 is 0 Å². The van der Waals surface area contributed by atoms with Gasteiger partial charge in [-0.15, -0.1) is 0 Å². The molecule has 3 aromatic carbocycles. The Morgan fingerprint density at radius 2 is 0.903 bits per heavy atom. The van der Waals surface area contributed by atoms with Crippen LogP contribution in [0.1, 0.15) is 92.2 Å². The van der Waals surface area contributed by atoms with Gasteiger partial charge in [0.2, 0.25) is 16.3 Å². The predicted molar refractivity (Wildman–Crippen MR) is 360 cm³/mol. The lowest BCUT2D eigenvalue weighted by Crippen LogP contribution is -2.34. The molecule has 12 aromatic rings. The molecule has 0 spiro atoms. The Kier molecular flexibility index (Phi) is 19.4. The van der Waals surface area contributed by atoms with Crippen molar-refractivity contribution in [1.29, 1.82) is 0 Å². The molecule has 0 saturated carbocycles. The number of hydrogen-bond acceptors (Lipinski definition) is 13. The van der Waals surface area contributed by atoms with Gasteiger partial charge in [0.25, 0.3) is 17.7 Å². The number of aliphatic hydroxyl groups is 1. The number of fused-ring (bicyclic) bond motifs is 3. The molecule has 12 rings (SSSR count). The number of benzene rings is 3. The maximum atomic E-state index is 13.1. The molecule has 0 bridgehead atoms. The zero-order valence-electron chi connectivity index (χ0n) is 52.5. The number of pyridine rings is 9. The Hall–Kier alpha value is -11.6. The zero-order chi connectivity index (χ0) is 66.1. The van der Waals surface area contributed by atoms with Gasteiger partial charge in [-0.3, -0.25) is 38.7 Å². The minimum Gasteiger partial charge on any atom is -0.619 e. The highest BCUT2D eigenvalue weighted by Crippen LogP contribution is 2.28. The second-order valence-electron chi connectivity index (χ2n) is 23.5. The summed E-state index contributed by atoms with van der Waals surface area (Å²) in [6.07, 6.45) is 17.7. The van der Waals surface area contributed by atoms with Gasteiger partial charge in [0.1, 0.15) is 39.2 Å². The largest absolute Gasteiger partial charge is 0.619 e. The van der Waals surface area contributed by atoms with Crippen molar-refractivity contribution in [1.82, 2.24) is 54.6 Å². The molecule has 93 heavy (non-hydrogen) atoms. The van der Waals surface area contributed by atoms with Crippen LogP contribution in [-0.2, 0) is 5.60 Å². The van der Waals surface area contributed by atoms with Crippen molar-refractivity contribution in [2.45, 2.75) is 73.1 Å². The average molecular weight is 1240 g/mol. The Morgan fingerprint density at radius 1 is 0.495 bits per heavy atom. The normalized spacial score (nSPS) is 11.3. The SMILES string of the molecule is CC(C)CNC(=O)c1cn(-c2cccc(-c3ccc(C(C)(C)O)nc3)c2)c2ncccc2c1=O.CC(C)NC(=O)c1cn(-c2cccc(-c3ccc[n+]([O-])c3)c2)c2ncccc2c1=O.CC(C)NC(=O)c1cn(-c2cccc(-c3cccnc3)c2)c2ncccc2c1=O. The highest BCUT2D eigenvalue weighted by Gasteiger charge is 2.22. The van der Waals surface area contributed by atoms with Crippen molar-refractivity contribution in [3.05, 3.63) is 272 Å². The summed E-state index contributed by atoms with van der Waals surface area (Å²) in [4.78, 5) is 98.8. The van der Waals surface area contributed by atoms with Crippen LogP contribution in [0.25, 0.3) is 83.5 Å². The van der Waals surface area contributed by atoms with E-state index in [1.807, 2.05) is 139 Å². The highest BCUT2D eigenvalue weighted by molar-refractivity contribution is 5.99. The molecule has 0 fully saturated rings. The Bertz CT molecular complexity index is 4940. The van der Waals surface area contributed by atoms with Gasteiger partial charge >= 0.3 is 0 Å². The van der Waals surface area contributed by atoms with Crippen LogP contribution in [0.4, 0.5) is 0 Å². The van der Waals surface area contributed by atoms with Gasteiger partial charge in [0.05, 0.1) is 21.9 Å². The van der Waals surface area contributed by atoms with Crippen LogP contribution in [-0.4, -0.2) is 80.1 Å². The summed E-state index contributed by atoms with van der Waals surface area (Å²) in [6.45, 7) is 15.3. The number of carbonyl (C=O) groups excluding carboxylic acids is 3. The molecule has 9 heterocycles. The van der Waals surface area contributed by atoms with Gasteiger partial charge in [0, 0.05) is 114 Å². The molecule has 0 radical (unpaired) electrons. The van der Waals surface area contributed by atoms with Crippen molar-refractivity contribution in [3.8, 4) is 50.4 Å². The first kappa shape index (κ1) is 64.3. The van der Waals surface area contributed by atoms with Crippen LogP contribution in [0.5, 0.6) is 0 Å². The van der Waals surface area contributed by atoms with E-state index in [0.29, 0.717) is 45.3 Å². The van der Waals surface area contributed by atoms with E-state index in [2.05, 4.69) is 40.9 Å². The van der Waals surface area contributed by atoms with Crippen molar-refractivity contribution < 1.29 is 24.2 Å². The molecule has 0 aliphatic rings. The fraction of sp³-hybridized carbons (Fsp3) is 0.178. The number of rotatable bonds is 14. The summed E-state index contributed by atoms with van der Waals surface area (Å²) in [5.41, 5.74) is 7.76. The number of aromatic nitrogens is 9. The minimum atomic E-state index is -1.02. The molecule has 468 valence electrons. The van der Waals surface area contributed by atoms with Gasteiger partial charge in [0.15, 0.2) is 12.4 Å². The molecule has 4 N–H and O–H groups in total. The number of hydrogen-bond donors (Lipinski definition) is 4. The third kappa shape index (κ3) is 14.8. The Balaban J connectivity index is 0.000000153. The van der Waals surface area contributed by atoms with Gasteiger partial charge < -0.3 is 40.0 Å². The average Bonchev–Trinajstić information content (AvgIpc) is 0.797. The first-order valence-corrected chi connectivity index (χ1v) is 30.1. The lowest BCUT2D eigenvalue weighted by Gasteiger charge is -2.17. The van der Waals surface area contributed by atoms with Gasteiger partial charge in [-0.2, -0.15) is 4.73 Å². The molecule has 0 atom stereocenters. The van der Waals surface area contributed by atoms with Crippen LogP contribution in [0, 0.1) is 11.1 Å². The van der Waals surface area contributed by atoms with Gasteiger partial charge in [-0.05, 0) is 155 Å². The van der Waals surface area contributed by atoms with Crippen LogP contribution in [0.15, 0.2) is 228 Å². The number of carbonyl (C=O) groups is 3. The predicted octanol–water partition coefficient (Wildman–Crippen LogP) is 10.5. The lowest BCUT2D eigenvalue weighted by molar-refractivity contribution is -0.604. The third-order valence-electron chi connectivity index (χ3n) is 14.7.